The number of rotatable bonds is 4. The van der Waals surface area contributed by atoms with E-state index in [9.17, 15) is 4.79 Å². The SMILES string of the molecule is Cc1cc(Br)cc(C)c1OC[CH]C(N)=O. The van der Waals surface area contributed by atoms with E-state index in [1.807, 2.05) is 26.0 Å². The molecule has 0 bridgehead atoms. The molecule has 0 aromatic heterocycles. The quantitative estimate of drug-likeness (QED) is 0.912. The van der Waals surface area contributed by atoms with Gasteiger partial charge in [0.25, 0.3) is 0 Å². The van der Waals surface area contributed by atoms with E-state index < -0.39 is 5.91 Å². The van der Waals surface area contributed by atoms with Crippen LogP contribution >= 0.6 is 15.9 Å². The second-order valence-electron chi connectivity index (χ2n) is 3.29. The Balaban J connectivity index is 2.72. The molecule has 0 spiro atoms. The number of amides is 1. The van der Waals surface area contributed by atoms with Crippen LogP contribution in [0.3, 0.4) is 0 Å². The minimum Gasteiger partial charge on any atom is -0.492 e. The van der Waals surface area contributed by atoms with Crippen LogP contribution in [0.4, 0.5) is 0 Å². The summed E-state index contributed by atoms with van der Waals surface area (Å²) >= 11 is 3.40. The molecule has 0 atom stereocenters. The lowest BCUT2D eigenvalue weighted by atomic mass is 10.1. The van der Waals surface area contributed by atoms with Gasteiger partial charge < -0.3 is 10.5 Å². The van der Waals surface area contributed by atoms with Crippen LogP contribution in [0.5, 0.6) is 5.75 Å². The van der Waals surface area contributed by atoms with Gasteiger partial charge in [0, 0.05) is 4.47 Å². The third kappa shape index (κ3) is 3.55. The van der Waals surface area contributed by atoms with E-state index in [2.05, 4.69) is 15.9 Å². The Morgan fingerprint density at radius 3 is 2.47 bits per heavy atom. The lowest BCUT2D eigenvalue weighted by Crippen LogP contribution is -2.16. The van der Waals surface area contributed by atoms with E-state index in [1.54, 1.807) is 0 Å². The number of hydrogen-bond donors (Lipinski definition) is 1. The molecular formula is C11H13BrNO2. The molecule has 1 rings (SSSR count). The standard InChI is InChI=1S/C11H13BrNO2/c1-7-5-9(12)6-8(2)11(7)15-4-3-10(13)14/h3,5-6H,4H2,1-2H3,(H2,13,14). The molecule has 1 aromatic carbocycles. The van der Waals surface area contributed by atoms with Crippen molar-refractivity contribution in [3.05, 3.63) is 34.2 Å². The van der Waals surface area contributed by atoms with Crippen LogP contribution in [-0.4, -0.2) is 12.5 Å². The van der Waals surface area contributed by atoms with Crippen molar-refractivity contribution in [1.29, 1.82) is 0 Å². The van der Waals surface area contributed by atoms with Crippen LogP contribution in [0.15, 0.2) is 16.6 Å². The number of nitrogens with two attached hydrogens (primary N) is 1. The summed E-state index contributed by atoms with van der Waals surface area (Å²) in [7, 11) is 0. The van der Waals surface area contributed by atoms with Gasteiger partial charge in [-0.25, -0.2) is 0 Å². The summed E-state index contributed by atoms with van der Waals surface area (Å²) in [6, 6.07) is 3.93. The third-order valence-electron chi connectivity index (χ3n) is 1.94. The number of benzene rings is 1. The maximum absolute atomic E-state index is 10.5. The van der Waals surface area contributed by atoms with Gasteiger partial charge in [0.05, 0.1) is 6.42 Å². The van der Waals surface area contributed by atoms with Gasteiger partial charge in [0.1, 0.15) is 12.4 Å². The molecule has 0 saturated carbocycles. The molecule has 0 aliphatic rings. The zero-order valence-corrected chi connectivity index (χ0v) is 10.3. The molecule has 1 radical (unpaired) electrons. The Morgan fingerprint density at radius 2 is 2.00 bits per heavy atom. The van der Waals surface area contributed by atoms with Crippen LogP contribution in [0.1, 0.15) is 11.1 Å². The van der Waals surface area contributed by atoms with Crippen molar-refractivity contribution in [2.45, 2.75) is 13.8 Å². The summed E-state index contributed by atoms with van der Waals surface area (Å²) in [6.07, 6.45) is 1.31. The average Bonchev–Trinajstić information content (AvgIpc) is 2.08. The van der Waals surface area contributed by atoms with Gasteiger partial charge in [0.2, 0.25) is 5.91 Å². The monoisotopic (exact) mass is 270 g/mol. The number of ether oxygens (including phenoxy) is 1. The minimum absolute atomic E-state index is 0.207. The lowest BCUT2D eigenvalue weighted by Gasteiger charge is -2.11. The molecule has 0 aliphatic carbocycles. The highest BCUT2D eigenvalue weighted by atomic mass is 79.9. The molecule has 0 unspecified atom stereocenters. The van der Waals surface area contributed by atoms with Crippen molar-refractivity contribution in [3.8, 4) is 5.75 Å². The summed E-state index contributed by atoms with van der Waals surface area (Å²) < 4.78 is 6.47. The summed E-state index contributed by atoms with van der Waals surface area (Å²) in [5, 5.41) is 0. The maximum Gasteiger partial charge on any atom is 0.224 e. The molecule has 0 saturated heterocycles. The molecular weight excluding hydrogens is 258 g/mol. The first-order chi connectivity index (χ1) is 7.00. The predicted octanol–water partition coefficient (Wildman–Crippen LogP) is 2.13. The summed E-state index contributed by atoms with van der Waals surface area (Å²) in [5.41, 5.74) is 7.03. The molecule has 2 N–H and O–H groups in total. The molecule has 1 amide bonds. The number of aryl methyl sites for hydroxylation is 2. The van der Waals surface area contributed by atoms with E-state index in [-0.39, 0.29) is 6.61 Å². The molecule has 15 heavy (non-hydrogen) atoms. The molecule has 3 nitrogen and oxygen atoms in total. The van der Waals surface area contributed by atoms with Gasteiger partial charge in [-0.1, -0.05) is 15.9 Å². The van der Waals surface area contributed by atoms with Crippen molar-refractivity contribution in [2.75, 3.05) is 6.61 Å². The highest BCUT2D eigenvalue weighted by Gasteiger charge is 2.06. The Bertz CT molecular complexity index is 354. The fraction of sp³-hybridized carbons (Fsp3) is 0.273. The zero-order valence-electron chi connectivity index (χ0n) is 8.71. The van der Waals surface area contributed by atoms with Gasteiger partial charge in [-0.3, -0.25) is 4.79 Å². The first kappa shape index (κ1) is 12.0. The minimum atomic E-state index is -0.470. The van der Waals surface area contributed by atoms with E-state index in [1.165, 1.54) is 6.42 Å². The van der Waals surface area contributed by atoms with Gasteiger partial charge in [-0.15, -0.1) is 0 Å². The highest BCUT2D eigenvalue weighted by molar-refractivity contribution is 9.10. The van der Waals surface area contributed by atoms with Crippen molar-refractivity contribution >= 4 is 21.8 Å². The highest BCUT2D eigenvalue weighted by Crippen LogP contribution is 2.27. The van der Waals surface area contributed by atoms with E-state index in [0.717, 1.165) is 21.3 Å². The molecule has 0 heterocycles. The first-order valence-corrected chi connectivity index (χ1v) is 5.32. The molecule has 0 fully saturated rings. The van der Waals surface area contributed by atoms with Gasteiger partial charge in [-0.05, 0) is 37.1 Å². The van der Waals surface area contributed by atoms with Gasteiger partial charge >= 0.3 is 0 Å². The van der Waals surface area contributed by atoms with Gasteiger partial charge in [0.15, 0.2) is 0 Å². The number of primary amides is 1. The average molecular weight is 271 g/mol. The lowest BCUT2D eigenvalue weighted by molar-refractivity contribution is -0.115. The van der Waals surface area contributed by atoms with E-state index in [4.69, 9.17) is 10.5 Å². The van der Waals surface area contributed by atoms with Crippen LogP contribution in [-0.2, 0) is 4.79 Å². The molecule has 0 aliphatic heterocycles. The van der Waals surface area contributed by atoms with Gasteiger partial charge in [-0.2, -0.15) is 0 Å². The Hall–Kier alpha value is -1.03. The van der Waals surface area contributed by atoms with Crippen molar-refractivity contribution < 1.29 is 9.53 Å². The van der Waals surface area contributed by atoms with Crippen LogP contribution < -0.4 is 10.5 Å². The third-order valence-corrected chi connectivity index (χ3v) is 2.40. The van der Waals surface area contributed by atoms with Crippen molar-refractivity contribution in [1.82, 2.24) is 0 Å². The second kappa shape index (κ2) is 5.16. The normalized spacial score (nSPS) is 10.1. The fourth-order valence-electron chi connectivity index (χ4n) is 1.33. The fourth-order valence-corrected chi connectivity index (χ4v) is 2.02. The van der Waals surface area contributed by atoms with Crippen LogP contribution in [0, 0.1) is 20.3 Å². The summed E-state index contributed by atoms with van der Waals surface area (Å²) in [6.45, 7) is 4.12. The van der Waals surface area contributed by atoms with Crippen LogP contribution in [0.2, 0.25) is 0 Å². The number of carbonyl (C=O) groups is 1. The number of halogens is 1. The van der Waals surface area contributed by atoms with Crippen LogP contribution in [0.25, 0.3) is 0 Å². The van der Waals surface area contributed by atoms with Crippen molar-refractivity contribution in [3.63, 3.8) is 0 Å². The number of carbonyl (C=O) groups excluding carboxylic acids is 1. The summed E-state index contributed by atoms with van der Waals surface area (Å²) in [4.78, 5) is 10.5. The smallest absolute Gasteiger partial charge is 0.224 e. The molecule has 4 heteroatoms. The molecule has 1 aromatic rings. The Kier molecular flexibility index (Phi) is 4.15. The van der Waals surface area contributed by atoms with E-state index in [0.29, 0.717) is 0 Å². The van der Waals surface area contributed by atoms with Crippen molar-refractivity contribution in [2.24, 2.45) is 5.73 Å². The molecule has 81 valence electrons. The topological polar surface area (TPSA) is 52.3 Å². The predicted molar refractivity (Wildman–Crippen MR) is 62.6 cm³/mol. The maximum atomic E-state index is 10.5. The Morgan fingerprint density at radius 1 is 1.47 bits per heavy atom. The Labute approximate surface area is 97.7 Å². The second-order valence-corrected chi connectivity index (χ2v) is 4.20. The largest absolute Gasteiger partial charge is 0.492 e. The zero-order chi connectivity index (χ0) is 11.4. The number of hydrogen-bond acceptors (Lipinski definition) is 2. The first-order valence-electron chi connectivity index (χ1n) is 4.53. The summed E-state index contributed by atoms with van der Waals surface area (Å²) in [5.74, 6) is 0.332. The van der Waals surface area contributed by atoms with E-state index >= 15 is 0 Å².